The van der Waals surface area contributed by atoms with Gasteiger partial charge in [-0.15, -0.1) is 11.8 Å². The standard InChI is InChI=1S/C22H23FN2O2S2/c23-18-10-4-11-19-21(18)24-22(29-19)25(15-16-7-5-13-27-16)20(26)12-6-14-28-17-8-2-1-3-9-17/h1-4,8-11,16H,5-7,12-15H2. The Balaban J connectivity index is 1.44. The summed E-state index contributed by atoms with van der Waals surface area (Å²) >= 11 is 3.11. The SMILES string of the molecule is O=C(CCCSc1ccccc1)N(CC1CCCO1)c1nc2c(F)cccc2s1. The number of thioether (sulfide) groups is 1. The minimum Gasteiger partial charge on any atom is -0.376 e. The number of carbonyl (C=O) groups excluding carboxylic acids is 1. The van der Waals surface area contributed by atoms with E-state index in [1.165, 1.54) is 22.3 Å². The number of carbonyl (C=O) groups is 1. The van der Waals surface area contributed by atoms with Gasteiger partial charge in [-0.05, 0) is 49.3 Å². The largest absolute Gasteiger partial charge is 0.376 e. The molecule has 2 aromatic carbocycles. The summed E-state index contributed by atoms with van der Waals surface area (Å²) in [5, 5.41) is 0.557. The number of aromatic nitrogens is 1. The monoisotopic (exact) mass is 430 g/mol. The van der Waals surface area contributed by atoms with Gasteiger partial charge in [-0.3, -0.25) is 9.69 Å². The molecule has 1 amide bonds. The van der Waals surface area contributed by atoms with Gasteiger partial charge in [0.1, 0.15) is 11.3 Å². The highest BCUT2D eigenvalue weighted by atomic mass is 32.2. The number of nitrogens with zero attached hydrogens (tertiary/aromatic N) is 2. The van der Waals surface area contributed by atoms with E-state index in [4.69, 9.17) is 4.74 Å². The number of fused-ring (bicyclic) bond motifs is 1. The van der Waals surface area contributed by atoms with Gasteiger partial charge in [0.25, 0.3) is 0 Å². The molecule has 7 heteroatoms. The molecule has 4 rings (SSSR count). The lowest BCUT2D eigenvalue weighted by atomic mass is 10.2. The number of anilines is 1. The van der Waals surface area contributed by atoms with Crippen molar-refractivity contribution >= 4 is 44.4 Å². The van der Waals surface area contributed by atoms with Crippen LogP contribution in [0.1, 0.15) is 25.7 Å². The van der Waals surface area contributed by atoms with Crippen LogP contribution in [-0.2, 0) is 9.53 Å². The van der Waals surface area contributed by atoms with Crippen molar-refractivity contribution in [1.82, 2.24) is 4.98 Å². The molecule has 0 saturated carbocycles. The number of benzene rings is 2. The summed E-state index contributed by atoms with van der Waals surface area (Å²) in [6, 6.07) is 15.1. The smallest absolute Gasteiger partial charge is 0.228 e. The molecule has 0 spiro atoms. The fourth-order valence-corrected chi connectivity index (χ4v) is 5.24. The maximum atomic E-state index is 14.1. The molecular weight excluding hydrogens is 407 g/mol. The van der Waals surface area contributed by atoms with E-state index < -0.39 is 0 Å². The maximum absolute atomic E-state index is 14.1. The first-order valence-electron chi connectivity index (χ1n) is 9.85. The van der Waals surface area contributed by atoms with Gasteiger partial charge in [0.2, 0.25) is 5.91 Å². The topological polar surface area (TPSA) is 42.4 Å². The predicted octanol–water partition coefficient (Wildman–Crippen LogP) is 5.52. The normalized spacial score (nSPS) is 16.4. The van der Waals surface area contributed by atoms with Gasteiger partial charge in [0.05, 0.1) is 17.3 Å². The summed E-state index contributed by atoms with van der Waals surface area (Å²) in [6.07, 6.45) is 3.18. The van der Waals surface area contributed by atoms with Crippen LogP contribution in [0.15, 0.2) is 53.4 Å². The van der Waals surface area contributed by atoms with Crippen LogP contribution in [0.25, 0.3) is 10.2 Å². The average Bonchev–Trinajstić information content (AvgIpc) is 3.40. The Labute approximate surface area is 178 Å². The summed E-state index contributed by atoms with van der Waals surface area (Å²) in [7, 11) is 0. The van der Waals surface area contributed by atoms with E-state index in [1.807, 2.05) is 24.3 Å². The van der Waals surface area contributed by atoms with E-state index in [0.717, 1.165) is 36.3 Å². The second-order valence-corrected chi connectivity index (χ2v) is 9.16. The molecule has 1 aliphatic heterocycles. The third-order valence-corrected chi connectivity index (χ3v) is 6.99. The Morgan fingerprint density at radius 1 is 1.24 bits per heavy atom. The van der Waals surface area contributed by atoms with Crippen LogP contribution in [0.4, 0.5) is 9.52 Å². The first-order valence-corrected chi connectivity index (χ1v) is 11.7. The van der Waals surface area contributed by atoms with Gasteiger partial charge in [-0.1, -0.05) is 35.6 Å². The minimum absolute atomic E-state index is 0.0219. The van der Waals surface area contributed by atoms with Gasteiger partial charge in [0, 0.05) is 17.9 Å². The van der Waals surface area contributed by atoms with Crippen LogP contribution < -0.4 is 4.90 Å². The Bertz CT molecular complexity index is 958. The van der Waals surface area contributed by atoms with Crippen LogP contribution in [0.3, 0.4) is 0 Å². The van der Waals surface area contributed by atoms with Gasteiger partial charge < -0.3 is 4.74 Å². The summed E-state index contributed by atoms with van der Waals surface area (Å²) < 4.78 is 20.6. The fourth-order valence-electron chi connectivity index (χ4n) is 3.36. The first-order chi connectivity index (χ1) is 14.2. The Hall–Kier alpha value is -1.96. The Morgan fingerprint density at radius 3 is 2.86 bits per heavy atom. The van der Waals surface area contributed by atoms with E-state index in [2.05, 4.69) is 17.1 Å². The number of ether oxygens (including phenoxy) is 1. The van der Waals surface area contributed by atoms with E-state index in [0.29, 0.717) is 23.6 Å². The highest BCUT2D eigenvalue weighted by Crippen LogP contribution is 2.32. The van der Waals surface area contributed by atoms with Crippen molar-refractivity contribution in [2.75, 3.05) is 23.8 Å². The number of hydrogen-bond acceptors (Lipinski definition) is 5. The van der Waals surface area contributed by atoms with Gasteiger partial charge in [0.15, 0.2) is 5.13 Å². The lowest BCUT2D eigenvalue weighted by Gasteiger charge is -2.23. The zero-order valence-electron chi connectivity index (χ0n) is 16.1. The molecule has 0 aliphatic carbocycles. The average molecular weight is 431 g/mol. The van der Waals surface area contributed by atoms with Crippen molar-refractivity contribution < 1.29 is 13.9 Å². The fraction of sp³-hybridized carbons (Fsp3) is 0.364. The van der Waals surface area contributed by atoms with Crippen molar-refractivity contribution in [2.24, 2.45) is 0 Å². The number of hydrogen-bond donors (Lipinski definition) is 0. The molecule has 1 aromatic heterocycles. The van der Waals surface area contributed by atoms with E-state index >= 15 is 0 Å². The molecule has 152 valence electrons. The van der Waals surface area contributed by atoms with Gasteiger partial charge in [-0.2, -0.15) is 0 Å². The summed E-state index contributed by atoms with van der Waals surface area (Å²) in [4.78, 5) is 20.4. The third kappa shape index (κ3) is 5.15. The number of para-hydroxylation sites is 1. The molecule has 29 heavy (non-hydrogen) atoms. The lowest BCUT2D eigenvalue weighted by molar-refractivity contribution is -0.119. The van der Waals surface area contributed by atoms with Crippen LogP contribution in [-0.4, -0.2) is 35.9 Å². The highest BCUT2D eigenvalue weighted by molar-refractivity contribution is 7.99. The third-order valence-electron chi connectivity index (χ3n) is 4.85. The summed E-state index contributed by atoms with van der Waals surface area (Å²) in [5.41, 5.74) is 0.331. The van der Waals surface area contributed by atoms with Crippen LogP contribution >= 0.6 is 23.1 Å². The lowest BCUT2D eigenvalue weighted by Crippen LogP contribution is -2.37. The maximum Gasteiger partial charge on any atom is 0.228 e. The number of thiazole rings is 1. The van der Waals surface area contributed by atoms with Crippen molar-refractivity contribution in [1.29, 1.82) is 0 Å². The van der Waals surface area contributed by atoms with Crippen molar-refractivity contribution in [3.05, 3.63) is 54.3 Å². The molecule has 1 atom stereocenters. The van der Waals surface area contributed by atoms with Gasteiger partial charge >= 0.3 is 0 Å². The molecule has 1 aliphatic rings. The molecule has 1 saturated heterocycles. The van der Waals surface area contributed by atoms with Crippen molar-refractivity contribution in [2.45, 2.75) is 36.7 Å². The number of rotatable bonds is 8. The molecule has 1 fully saturated rings. The van der Waals surface area contributed by atoms with Crippen molar-refractivity contribution in [3.63, 3.8) is 0 Å². The Morgan fingerprint density at radius 2 is 2.10 bits per heavy atom. The zero-order valence-corrected chi connectivity index (χ0v) is 17.7. The second kappa shape index (κ2) is 9.69. The minimum atomic E-state index is -0.353. The number of halogens is 1. The molecule has 2 heterocycles. The zero-order chi connectivity index (χ0) is 20.1. The molecule has 1 unspecified atom stereocenters. The molecule has 3 aromatic rings. The quantitative estimate of drug-likeness (QED) is 0.349. The predicted molar refractivity (Wildman–Crippen MR) is 117 cm³/mol. The van der Waals surface area contributed by atoms with Crippen molar-refractivity contribution in [3.8, 4) is 0 Å². The molecule has 0 bridgehead atoms. The highest BCUT2D eigenvalue weighted by Gasteiger charge is 2.26. The van der Waals surface area contributed by atoms with Crippen LogP contribution in [0.5, 0.6) is 0 Å². The second-order valence-electron chi connectivity index (χ2n) is 6.99. The summed E-state index contributed by atoms with van der Waals surface area (Å²) in [6.45, 7) is 1.21. The first kappa shape index (κ1) is 20.3. The van der Waals surface area contributed by atoms with Gasteiger partial charge in [-0.25, -0.2) is 9.37 Å². The molecular formula is C22H23FN2O2S2. The molecule has 0 N–H and O–H groups in total. The Kier molecular flexibility index (Phi) is 6.79. The van der Waals surface area contributed by atoms with E-state index in [-0.39, 0.29) is 17.8 Å². The number of amides is 1. The van der Waals surface area contributed by atoms with E-state index in [1.54, 1.807) is 22.7 Å². The van der Waals surface area contributed by atoms with E-state index in [9.17, 15) is 9.18 Å². The molecule has 0 radical (unpaired) electrons. The van der Waals surface area contributed by atoms with Crippen LogP contribution in [0, 0.1) is 5.82 Å². The summed E-state index contributed by atoms with van der Waals surface area (Å²) in [5.74, 6) is 0.542. The molecule has 4 nitrogen and oxygen atoms in total. The van der Waals surface area contributed by atoms with Crippen LogP contribution in [0.2, 0.25) is 0 Å².